The van der Waals surface area contributed by atoms with Crippen molar-refractivity contribution in [1.82, 2.24) is 14.9 Å². The zero-order chi connectivity index (χ0) is 20.2. The van der Waals surface area contributed by atoms with Gasteiger partial charge in [-0.1, -0.05) is 53.7 Å². The molecule has 1 fully saturated rings. The van der Waals surface area contributed by atoms with Crippen LogP contribution in [0.1, 0.15) is 25.3 Å². The predicted octanol–water partition coefficient (Wildman–Crippen LogP) is 4.51. The van der Waals surface area contributed by atoms with Gasteiger partial charge in [0.05, 0.1) is 28.9 Å². The van der Waals surface area contributed by atoms with Crippen LogP contribution in [0.25, 0.3) is 11.0 Å². The van der Waals surface area contributed by atoms with Crippen molar-refractivity contribution in [3.05, 3.63) is 59.1 Å². The molecule has 29 heavy (non-hydrogen) atoms. The van der Waals surface area contributed by atoms with Gasteiger partial charge >= 0.3 is 0 Å². The van der Waals surface area contributed by atoms with Gasteiger partial charge in [-0.2, -0.15) is 0 Å². The van der Waals surface area contributed by atoms with Crippen molar-refractivity contribution in [2.45, 2.75) is 42.8 Å². The molecule has 1 aliphatic heterocycles. The SMILES string of the molecule is CC(Sc1nc2cc(Cl)ccc2n1Cc1ccccc1)C(=O)NCC1CCCO1. The Morgan fingerprint density at radius 1 is 1.34 bits per heavy atom. The van der Waals surface area contributed by atoms with Gasteiger partial charge in [0.15, 0.2) is 5.16 Å². The molecule has 1 N–H and O–H groups in total. The van der Waals surface area contributed by atoms with Crippen LogP contribution in [0.3, 0.4) is 0 Å². The summed E-state index contributed by atoms with van der Waals surface area (Å²) in [7, 11) is 0. The minimum atomic E-state index is -0.266. The summed E-state index contributed by atoms with van der Waals surface area (Å²) in [5.74, 6) is 0.00171. The molecule has 4 rings (SSSR count). The van der Waals surface area contributed by atoms with Gasteiger partial charge in [0, 0.05) is 18.2 Å². The van der Waals surface area contributed by atoms with Gasteiger partial charge in [0.1, 0.15) is 0 Å². The Morgan fingerprint density at radius 2 is 2.17 bits per heavy atom. The van der Waals surface area contributed by atoms with Crippen molar-refractivity contribution >= 4 is 40.3 Å². The van der Waals surface area contributed by atoms with Crippen molar-refractivity contribution in [3.63, 3.8) is 0 Å². The second-order valence-corrected chi connectivity index (χ2v) is 8.98. The molecule has 3 aromatic rings. The van der Waals surface area contributed by atoms with Gasteiger partial charge in [-0.05, 0) is 43.5 Å². The number of rotatable bonds is 7. The van der Waals surface area contributed by atoms with Crippen molar-refractivity contribution in [3.8, 4) is 0 Å². The van der Waals surface area contributed by atoms with Crippen LogP contribution in [-0.2, 0) is 16.1 Å². The van der Waals surface area contributed by atoms with E-state index in [1.165, 1.54) is 17.3 Å². The molecule has 0 aliphatic carbocycles. The number of nitrogens with one attached hydrogen (secondary N) is 1. The normalized spacial score (nSPS) is 17.5. The summed E-state index contributed by atoms with van der Waals surface area (Å²) in [6.07, 6.45) is 2.22. The molecule has 0 bridgehead atoms. The molecule has 2 atom stereocenters. The van der Waals surface area contributed by atoms with E-state index < -0.39 is 0 Å². The Morgan fingerprint density at radius 3 is 2.93 bits per heavy atom. The largest absolute Gasteiger partial charge is 0.376 e. The van der Waals surface area contributed by atoms with E-state index in [1.807, 2.05) is 43.3 Å². The van der Waals surface area contributed by atoms with Crippen LogP contribution >= 0.6 is 23.4 Å². The molecule has 0 radical (unpaired) electrons. The van der Waals surface area contributed by atoms with E-state index in [0.29, 0.717) is 18.1 Å². The fourth-order valence-electron chi connectivity index (χ4n) is 3.46. The van der Waals surface area contributed by atoms with Crippen LogP contribution in [0.2, 0.25) is 5.02 Å². The van der Waals surface area contributed by atoms with Gasteiger partial charge in [-0.3, -0.25) is 4.79 Å². The fraction of sp³-hybridized carbons (Fsp3) is 0.364. The lowest BCUT2D eigenvalue weighted by atomic mass is 10.2. The van der Waals surface area contributed by atoms with Gasteiger partial charge < -0.3 is 14.6 Å². The number of hydrogen-bond acceptors (Lipinski definition) is 4. The summed E-state index contributed by atoms with van der Waals surface area (Å²) < 4.78 is 7.74. The summed E-state index contributed by atoms with van der Waals surface area (Å²) in [4.78, 5) is 17.4. The van der Waals surface area contributed by atoms with E-state index in [1.54, 1.807) is 0 Å². The van der Waals surface area contributed by atoms with E-state index in [-0.39, 0.29) is 17.3 Å². The molecule has 2 unspecified atom stereocenters. The quantitative estimate of drug-likeness (QED) is 0.561. The molecule has 1 amide bonds. The summed E-state index contributed by atoms with van der Waals surface area (Å²) in [5, 5.41) is 4.21. The van der Waals surface area contributed by atoms with Crippen molar-refractivity contribution in [2.75, 3.05) is 13.2 Å². The lowest BCUT2D eigenvalue weighted by Gasteiger charge is -2.15. The highest BCUT2D eigenvalue weighted by atomic mass is 35.5. The highest BCUT2D eigenvalue weighted by molar-refractivity contribution is 8.00. The zero-order valence-electron chi connectivity index (χ0n) is 16.3. The van der Waals surface area contributed by atoms with Gasteiger partial charge in [-0.25, -0.2) is 4.98 Å². The smallest absolute Gasteiger partial charge is 0.233 e. The fourth-order valence-corrected chi connectivity index (χ4v) is 4.58. The Kier molecular flexibility index (Phi) is 6.43. The molecular formula is C22H24ClN3O2S. The first-order chi connectivity index (χ1) is 14.1. The van der Waals surface area contributed by atoms with Crippen LogP contribution in [-0.4, -0.2) is 40.0 Å². The first-order valence-corrected chi connectivity index (χ1v) is 11.1. The van der Waals surface area contributed by atoms with E-state index in [2.05, 4.69) is 22.0 Å². The number of carbonyl (C=O) groups excluding carboxylic acids is 1. The summed E-state index contributed by atoms with van der Waals surface area (Å²) in [6.45, 7) is 3.96. The summed E-state index contributed by atoms with van der Waals surface area (Å²) in [6, 6.07) is 16.0. The maximum Gasteiger partial charge on any atom is 0.233 e. The number of carbonyl (C=O) groups is 1. The first-order valence-electron chi connectivity index (χ1n) is 9.86. The molecule has 0 spiro atoms. The van der Waals surface area contributed by atoms with Crippen LogP contribution in [0.5, 0.6) is 0 Å². The van der Waals surface area contributed by atoms with Crippen molar-refractivity contribution < 1.29 is 9.53 Å². The number of ether oxygens (including phenoxy) is 1. The number of benzene rings is 2. The second kappa shape index (κ2) is 9.20. The monoisotopic (exact) mass is 429 g/mol. The topological polar surface area (TPSA) is 56.2 Å². The van der Waals surface area contributed by atoms with Gasteiger partial charge in [0.25, 0.3) is 0 Å². The Balaban J connectivity index is 1.53. The number of halogens is 1. The second-order valence-electron chi connectivity index (χ2n) is 7.24. The molecule has 7 heteroatoms. The number of fused-ring (bicyclic) bond motifs is 1. The minimum Gasteiger partial charge on any atom is -0.376 e. The van der Waals surface area contributed by atoms with Gasteiger partial charge in [0.2, 0.25) is 5.91 Å². The van der Waals surface area contributed by atoms with E-state index >= 15 is 0 Å². The molecule has 1 saturated heterocycles. The average molecular weight is 430 g/mol. The Labute approximate surface area is 179 Å². The van der Waals surface area contributed by atoms with Gasteiger partial charge in [-0.15, -0.1) is 0 Å². The van der Waals surface area contributed by atoms with Crippen molar-refractivity contribution in [2.24, 2.45) is 0 Å². The van der Waals surface area contributed by atoms with Crippen molar-refractivity contribution in [1.29, 1.82) is 0 Å². The number of imidazole rings is 1. The first kappa shape index (κ1) is 20.3. The standard InChI is InChI=1S/C22H24ClN3O2S/c1-15(21(27)24-13-18-8-5-11-28-18)29-22-25-19-12-17(23)9-10-20(19)26(22)14-16-6-3-2-4-7-16/h2-4,6-7,9-10,12,15,18H,5,8,11,13-14H2,1H3,(H,24,27). The maximum absolute atomic E-state index is 12.6. The zero-order valence-corrected chi connectivity index (χ0v) is 17.9. The lowest BCUT2D eigenvalue weighted by Crippen LogP contribution is -2.36. The van der Waals surface area contributed by atoms with Crippen LogP contribution < -0.4 is 5.32 Å². The number of thioether (sulfide) groups is 1. The molecule has 152 valence electrons. The molecule has 1 aliphatic rings. The number of nitrogens with zero attached hydrogens (tertiary/aromatic N) is 2. The number of hydrogen-bond donors (Lipinski definition) is 1. The van der Waals surface area contributed by atoms with Crippen LogP contribution in [0, 0.1) is 0 Å². The third-order valence-corrected chi connectivity index (χ3v) is 6.36. The molecule has 1 aromatic heterocycles. The highest BCUT2D eigenvalue weighted by Crippen LogP contribution is 2.29. The summed E-state index contributed by atoms with van der Waals surface area (Å²) >= 11 is 7.64. The minimum absolute atomic E-state index is 0.00171. The third-order valence-electron chi connectivity index (χ3n) is 5.04. The average Bonchev–Trinajstić information content (AvgIpc) is 3.35. The summed E-state index contributed by atoms with van der Waals surface area (Å²) in [5.41, 5.74) is 3.02. The van der Waals surface area contributed by atoms with Crippen LogP contribution in [0.4, 0.5) is 0 Å². The number of amides is 1. The Hall–Kier alpha value is -2.02. The number of aromatic nitrogens is 2. The maximum atomic E-state index is 12.6. The Bertz CT molecular complexity index is 986. The molecule has 5 nitrogen and oxygen atoms in total. The predicted molar refractivity (Wildman–Crippen MR) is 118 cm³/mol. The van der Waals surface area contributed by atoms with E-state index in [4.69, 9.17) is 21.3 Å². The van der Waals surface area contributed by atoms with Crippen LogP contribution in [0.15, 0.2) is 53.7 Å². The highest BCUT2D eigenvalue weighted by Gasteiger charge is 2.22. The molecule has 2 heterocycles. The molecule has 2 aromatic carbocycles. The molecular weight excluding hydrogens is 406 g/mol. The molecule has 0 saturated carbocycles. The van der Waals surface area contributed by atoms with E-state index in [0.717, 1.165) is 35.6 Å². The van der Waals surface area contributed by atoms with E-state index in [9.17, 15) is 4.79 Å². The lowest BCUT2D eigenvalue weighted by molar-refractivity contribution is -0.120. The third kappa shape index (κ3) is 4.94.